The molecule has 1 heterocycles. The predicted molar refractivity (Wildman–Crippen MR) is 90.3 cm³/mol. The van der Waals surface area contributed by atoms with E-state index >= 15 is 0 Å². The number of hydrogen-bond donors (Lipinski definition) is 2. The van der Waals surface area contributed by atoms with E-state index < -0.39 is 15.9 Å². The molecule has 9 heteroatoms. The first-order valence-electron chi connectivity index (χ1n) is 5.90. The molecule has 1 aromatic heterocycles. The van der Waals surface area contributed by atoms with Crippen LogP contribution in [0.1, 0.15) is 10.6 Å². The van der Waals surface area contributed by atoms with Crippen LogP contribution >= 0.6 is 58.0 Å². The van der Waals surface area contributed by atoms with E-state index in [0.717, 1.165) is 0 Å². The molecule has 118 valence electrons. The van der Waals surface area contributed by atoms with E-state index in [1.807, 2.05) is 0 Å². The van der Waals surface area contributed by atoms with E-state index in [1.165, 1.54) is 12.3 Å². The van der Waals surface area contributed by atoms with Gasteiger partial charge in [0.15, 0.2) is 5.76 Å². The summed E-state index contributed by atoms with van der Waals surface area (Å²) in [4.78, 5) is 12.0. The number of carbonyl (C=O) groups is 1. The van der Waals surface area contributed by atoms with Crippen LogP contribution in [0, 0.1) is 0 Å². The quantitative estimate of drug-likeness (QED) is 0.551. The van der Waals surface area contributed by atoms with Crippen LogP contribution < -0.4 is 10.6 Å². The Morgan fingerprint density at radius 2 is 1.86 bits per heavy atom. The maximum Gasteiger partial charge on any atom is 0.288 e. The molecular weight excluding hydrogens is 393 g/mol. The molecule has 4 nitrogen and oxygen atoms in total. The lowest BCUT2D eigenvalue weighted by Gasteiger charge is -2.27. The van der Waals surface area contributed by atoms with Gasteiger partial charge in [-0.3, -0.25) is 4.79 Å². The highest BCUT2D eigenvalue weighted by Gasteiger charge is 2.35. The van der Waals surface area contributed by atoms with Gasteiger partial charge in [0.05, 0.1) is 22.0 Å². The van der Waals surface area contributed by atoms with Gasteiger partial charge in [0.25, 0.3) is 5.91 Å². The van der Waals surface area contributed by atoms with Gasteiger partial charge in [0.1, 0.15) is 6.17 Å². The Morgan fingerprint density at radius 1 is 1.14 bits per heavy atom. The molecule has 0 fully saturated rings. The van der Waals surface area contributed by atoms with Crippen LogP contribution in [0.5, 0.6) is 0 Å². The number of hydrogen-bond acceptors (Lipinski definition) is 3. The predicted octanol–water partition coefficient (Wildman–Crippen LogP) is 5.12. The van der Waals surface area contributed by atoms with Crippen molar-refractivity contribution in [2.75, 3.05) is 5.32 Å². The minimum Gasteiger partial charge on any atom is -0.459 e. The summed E-state index contributed by atoms with van der Waals surface area (Å²) in [7, 11) is 0. The first-order valence-corrected chi connectivity index (χ1v) is 7.79. The Balaban J connectivity index is 2.20. The van der Waals surface area contributed by atoms with Crippen molar-refractivity contribution in [1.29, 1.82) is 0 Å². The summed E-state index contributed by atoms with van der Waals surface area (Å²) in [6.07, 6.45) is 0.298. The van der Waals surface area contributed by atoms with E-state index in [9.17, 15) is 4.79 Å². The van der Waals surface area contributed by atoms with Gasteiger partial charge in [0.2, 0.25) is 3.79 Å². The molecule has 1 unspecified atom stereocenters. The average Bonchev–Trinajstić information content (AvgIpc) is 2.96. The molecule has 0 bridgehead atoms. The van der Waals surface area contributed by atoms with Crippen LogP contribution in [0.3, 0.4) is 0 Å². The van der Waals surface area contributed by atoms with Gasteiger partial charge in [0, 0.05) is 0 Å². The van der Waals surface area contributed by atoms with Gasteiger partial charge in [-0.1, -0.05) is 64.1 Å². The first-order chi connectivity index (χ1) is 10.3. The molecule has 1 atom stereocenters. The molecule has 1 aromatic carbocycles. The third-order valence-electron chi connectivity index (χ3n) is 2.60. The highest BCUT2D eigenvalue weighted by Crippen LogP contribution is 2.35. The van der Waals surface area contributed by atoms with Crippen LogP contribution in [0.2, 0.25) is 10.0 Å². The smallest absolute Gasteiger partial charge is 0.288 e. The second-order valence-corrected chi connectivity index (χ2v) is 7.33. The number of anilines is 1. The first kappa shape index (κ1) is 17.6. The van der Waals surface area contributed by atoms with Gasteiger partial charge in [-0.15, -0.1) is 0 Å². The third kappa shape index (κ3) is 4.37. The summed E-state index contributed by atoms with van der Waals surface area (Å²) in [5.41, 5.74) is 0.408. The number of amides is 1. The molecular formula is C13H9Cl5N2O2. The number of furan rings is 1. The normalized spacial score (nSPS) is 12.8. The lowest BCUT2D eigenvalue weighted by atomic mass is 10.3. The number of rotatable bonds is 4. The molecule has 0 spiro atoms. The number of benzene rings is 1. The lowest BCUT2D eigenvalue weighted by Crippen LogP contribution is -2.49. The topological polar surface area (TPSA) is 54.3 Å². The third-order valence-corrected chi connectivity index (χ3v) is 4.07. The fourth-order valence-electron chi connectivity index (χ4n) is 1.58. The van der Waals surface area contributed by atoms with Crippen LogP contribution in [0.25, 0.3) is 0 Å². The fraction of sp³-hybridized carbons (Fsp3) is 0.154. The molecule has 0 saturated carbocycles. The van der Waals surface area contributed by atoms with E-state index in [2.05, 4.69) is 10.6 Å². The molecule has 2 N–H and O–H groups in total. The average molecular weight is 402 g/mol. The zero-order chi connectivity index (χ0) is 16.3. The van der Waals surface area contributed by atoms with Crippen molar-refractivity contribution in [3.8, 4) is 0 Å². The molecule has 1 amide bonds. The Bertz CT molecular complexity index is 655. The molecule has 0 aliphatic carbocycles. The molecule has 0 aliphatic heterocycles. The summed E-state index contributed by atoms with van der Waals surface area (Å²) in [5.74, 6) is -0.467. The van der Waals surface area contributed by atoms with Crippen molar-refractivity contribution >= 4 is 69.6 Å². The van der Waals surface area contributed by atoms with Gasteiger partial charge >= 0.3 is 0 Å². The second-order valence-electron chi connectivity index (χ2n) is 4.17. The maximum absolute atomic E-state index is 12.0. The molecule has 2 aromatic rings. The molecule has 22 heavy (non-hydrogen) atoms. The van der Waals surface area contributed by atoms with Gasteiger partial charge in [-0.2, -0.15) is 0 Å². The molecule has 0 radical (unpaired) electrons. The van der Waals surface area contributed by atoms with Crippen LogP contribution in [0.4, 0.5) is 5.69 Å². The van der Waals surface area contributed by atoms with Crippen molar-refractivity contribution in [3.63, 3.8) is 0 Å². The summed E-state index contributed by atoms with van der Waals surface area (Å²) >= 11 is 29.7. The van der Waals surface area contributed by atoms with Crippen molar-refractivity contribution in [2.24, 2.45) is 0 Å². The Morgan fingerprint density at radius 3 is 2.45 bits per heavy atom. The number of carbonyl (C=O) groups excluding carboxylic acids is 1. The number of alkyl halides is 3. The SMILES string of the molecule is O=C(NC(Nc1cccc(Cl)c1Cl)C(Cl)(Cl)Cl)c1ccco1. The molecule has 0 aliphatic rings. The number of halogens is 5. The number of nitrogens with one attached hydrogen (secondary N) is 2. The summed E-state index contributed by atoms with van der Waals surface area (Å²) in [6.45, 7) is 0. The Hall–Kier alpha value is -0.780. The van der Waals surface area contributed by atoms with Crippen LogP contribution in [-0.4, -0.2) is 15.9 Å². The largest absolute Gasteiger partial charge is 0.459 e. The Kier molecular flexibility index (Phi) is 5.75. The maximum atomic E-state index is 12.0. The minimum absolute atomic E-state index is 0.0817. The highest BCUT2D eigenvalue weighted by molar-refractivity contribution is 6.68. The second kappa shape index (κ2) is 7.20. The van der Waals surface area contributed by atoms with Gasteiger partial charge in [-0.25, -0.2) is 0 Å². The zero-order valence-corrected chi connectivity index (χ0v) is 14.5. The Labute approximate surface area is 151 Å². The lowest BCUT2D eigenvalue weighted by molar-refractivity contribution is 0.0914. The van der Waals surface area contributed by atoms with E-state index in [-0.39, 0.29) is 10.8 Å². The minimum atomic E-state index is -1.84. The van der Waals surface area contributed by atoms with Crippen molar-refractivity contribution in [1.82, 2.24) is 5.32 Å². The summed E-state index contributed by atoms with van der Waals surface area (Å²) in [6, 6.07) is 7.97. The van der Waals surface area contributed by atoms with E-state index in [1.54, 1.807) is 24.3 Å². The zero-order valence-electron chi connectivity index (χ0n) is 10.7. The van der Waals surface area contributed by atoms with Crippen LogP contribution in [-0.2, 0) is 0 Å². The fourth-order valence-corrected chi connectivity index (χ4v) is 2.26. The van der Waals surface area contributed by atoms with Gasteiger partial charge < -0.3 is 15.1 Å². The van der Waals surface area contributed by atoms with Crippen molar-refractivity contribution in [3.05, 3.63) is 52.4 Å². The molecule has 2 rings (SSSR count). The van der Waals surface area contributed by atoms with Crippen molar-refractivity contribution in [2.45, 2.75) is 9.96 Å². The van der Waals surface area contributed by atoms with E-state index in [4.69, 9.17) is 62.4 Å². The van der Waals surface area contributed by atoms with Crippen LogP contribution in [0.15, 0.2) is 41.0 Å². The summed E-state index contributed by atoms with van der Waals surface area (Å²) in [5, 5.41) is 5.92. The summed E-state index contributed by atoms with van der Waals surface area (Å²) < 4.78 is 3.15. The van der Waals surface area contributed by atoms with Gasteiger partial charge in [-0.05, 0) is 24.3 Å². The van der Waals surface area contributed by atoms with Crippen molar-refractivity contribution < 1.29 is 9.21 Å². The van der Waals surface area contributed by atoms with E-state index in [0.29, 0.717) is 10.7 Å². The highest BCUT2D eigenvalue weighted by atomic mass is 35.6. The standard InChI is InChI=1S/C13H9Cl5N2O2/c14-7-3-1-4-8(10(7)15)19-12(13(16,17)18)20-11(21)9-5-2-6-22-9/h1-6,12,19H,(H,20,21). The molecule has 0 saturated heterocycles. The monoisotopic (exact) mass is 400 g/mol.